The molecule has 1 aromatic carbocycles. The van der Waals surface area contributed by atoms with Crippen LogP contribution < -0.4 is 10.6 Å². The Labute approximate surface area is 108 Å². The smallest absolute Gasteiger partial charge is 0.407 e. The van der Waals surface area contributed by atoms with E-state index in [1.807, 2.05) is 30.3 Å². The quantitative estimate of drug-likeness (QED) is 0.860. The lowest BCUT2D eigenvalue weighted by atomic mass is 10.1. The Bertz CT molecular complexity index is 359. The van der Waals surface area contributed by atoms with Gasteiger partial charge in [0.15, 0.2) is 0 Å². The summed E-state index contributed by atoms with van der Waals surface area (Å²) in [5, 5.41) is 6.21. The molecule has 98 valence electrons. The minimum Gasteiger partial charge on any atom is -0.445 e. The summed E-state index contributed by atoms with van der Waals surface area (Å²) >= 11 is 0. The lowest BCUT2D eigenvalue weighted by molar-refractivity contribution is 0.135. The number of carbonyl (C=O) groups is 1. The van der Waals surface area contributed by atoms with Crippen molar-refractivity contribution < 1.29 is 9.53 Å². The van der Waals surface area contributed by atoms with Crippen molar-refractivity contribution in [1.82, 2.24) is 10.6 Å². The average Bonchev–Trinajstić information content (AvgIpc) is 2.66. The van der Waals surface area contributed by atoms with Gasteiger partial charge in [-0.15, -0.1) is 0 Å². The molecule has 1 heterocycles. The summed E-state index contributed by atoms with van der Waals surface area (Å²) in [6.07, 6.45) is 3.02. The topological polar surface area (TPSA) is 50.4 Å². The molecule has 1 aromatic rings. The number of hydrogen-bond donors (Lipinski definition) is 2. The lowest BCUT2D eigenvalue weighted by Gasteiger charge is -2.16. The molecule has 0 aliphatic carbocycles. The number of amides is 1. The molecule has 2 rings (SSSR count). The molecule has 0 aromatic heterocycles. The van der Waals surface area contributed by atoms with Gasteiger partial charge in [-0.25, -0.2) is 4.79 Å². The van der Waals surface area contributed by atoms with Gasteiger partial charge < -0.3 is 15.4 Å². The van der Waals surface area contributed by atoms with Crippen LogP contribution in [-0.2, 0) is 11.3 Å². The van der Waals surface area contributed by atoms with Crippen LogP contribution in [0.3, 0.4) is 0 Å². The molecule has 4 heteroatoms. The summed E-state index contributed by atoms with van der Waals surface area (Å²) in [7, 11) is 0. The lowest BCUT2D eigenvalue weighted by Crippen LogP contribution is -2.41. The highest BCUT2D eigenvalue weighted by molar-refractivity contribution is 5.67. The van der Waals surface area contributed by atoms with Crippen molar-refractivity contribution in [2.24, 2.45) is 0 Å². The zero-order valence-electron chi connectivity index (χ0n) is 10.5. The first-order valence-electron chi connectivity index (χ1n) is 6.52. The summed E-state index contributed by atoms with van der Waals surface area (Å²) in [4.78, 5) is 11.6. The number of nitrogens with one attached hydrogen (secondary N) is 2. The third-order valence-electron chi connectivity index (χ3n) is 3.08. The van der Waals surface area contributed by atoms with E-state index < -0.39 is 0 Å². The Morgan fingerprint density at radius 1 is 1.33 bits per heavy atom. The second-order valence-electron chi connectivity index (χ2n) is 4.60. The van der Waals surface area contributed by atoms with Gasteiger partial charge in [0, 0.05) is 12.6 Å². The largest absolute Gasteiger partial charge is 0.445 e. The molecule has 0 radical (unpaired) electrons. The maximum atomic E-state index is 11.6. The van der Waals surface area contributed by atoms with Crippen LogP contribution in [0, 0.1) is 0 Å². The van der Waals surface area contributed by atoms with Crippen molar-refractivity contribution in [3.8, 4) is 0 Å². The fourth-order valence-electron chi connectivity index (χ4n) is 2.07. The number of carbonyl (C=O) groups excluding carboxylic acids is 1. The van der Waals surface area contributed by atoms with E-state index in [-0.39, 0.29) is 12.1 Å². The minimum absolute atomic E-state index is 0.191. The normalized spacial score (nSPS) is 19.9. The van der Waals surface area contributed by atoms with Crippen LogP contribution in [0.25, 0.3) is 0 Å². The Kier molecular flexibility index (Phi) is 5.02. The Balaban J connectivity index is 1.71. The molecule has 1 fully saturated rings. The van der Waals surface area contributed by atoms with Crippen LogP contribution in [0.2, 0.25) is 0 Å². The Hall–Kier alpha value is -1.55. The zero-order valence-corrected chi connectivity index (χ0v) is 10.5. The number of benzene rings is 1. The number of alkyl carbamates (subject to hydrolysis) is 1. The van der Waals surface area contributed by atoms with Crippen LogP contribution >= 0.6 is 0 Å². The highest BCUT2D eigenvalue weighted by Crippen LogP contribution is 2.05. The molecule has 18 heavy (non-hydrogen) atoms. The molecule has 2 N–H and O–H groups in total. The van der Waals surface area contributed by atoms with E-state index >= 15 is 0 Å². The Morgan fingerprint density at radius 3 is 3.00 bits per heavy atom. The third kappa shape index (κ3) is 4.37. The van der Waals surface area contributed by atoms with Gasteiger partial charge in [0.05, 0.1) is 0 Å². The first-order chi connectivity index (χ1) is 8.84. The number of hydrogen-bond acceptors (Lipinski definition) is 3. The van der Waals surface area contributed by atoms with Crippen molar-refractivity contribution >= 4 is 6.09 Å². The number of rotatable bonds is 3. The summed E-state index contributed by atoms with van der Waals surface area (Å²) in [6.45, 7) is 2.20. The van der Waals surface area contributed by atoms with Gasteiger partial charge in [0.1, 0.15) is 6.61 Å². The monoisotopic (exact) mass is 248 g/mol. The molecule has 1 aliphatic heterocycles. The summed E-state index contributed by atoms with van der Waals surface area (Å²) in [6, 6.07) is 9.90. The summed E-state index contributed by atoms with van der Waals surface area (Å²) < 4.78 is 5.19. The van der Waals surface area contributed by atoms with Gasteiger partial charge in [-0.05, 0) is 24.9 Å². The Morgan fingerprint density at radius 2 is 2.17 bits per heavy atom. The predicted octanol–water partition coefficient (Wildman–Crippen LogP) is 2.05. The molecular weight excluding hydrogens is 228 g/mol. The van der Waals surface area contributed by atoms with Crippen LogP contribution in [0.4, 0.5) is 4.79 Å². The molecule has 1 unspecified atom stereocenters. The van der Waals surface area contributed by atoms with Crippen LogP contribution in [0.1, 0.15) is 24.8 Å². The maximum Gasteiger partial charge on any atom is 0.407 e. The molecule has 4 nitrogen and oxygen atoms in total. The van der Waals surface area contributed by atoms with Crippen molar-refractivity contribution in [3.63, 3.8) is 0 Å². The summed E-state index contributed by atoms with van der Waals surface area (Å²) in [5.41, 5.74) is 1.01. The molecule has 0 bridgehead atoms. The minimum atomic E-state index is -0.326. The molecule has 0 spiro atoms. The zero-order chi connectivity index (χ0) is 12.6. The van der Waals surface area contributed by atoms with Gasteiger partial charge in [-0.3, -0.25) is 0 Å². The van der Waals surface area contributed by atoms with E-state index in [9.17, 15) is 4.79 Å². The molecule has 0 saturated carbocycles. The van der Waals surface area contributed by atoms with E-state index in [1.165, 1.54) is 6.42 Å². The van der Waals surface area contributed by atoms with Crippen molar-refractivity contribution in [1.29, 1.82) is 0 Å². The van der Waals surface area contributed by atoms with Gasteiger partial charge in [-0.2, -0.15) is 0 Å². The van der Waals surface area contributed by atoms with Crippen molar-refractivity contribution in [2.45, 2.75) is 31.9 Å². The average molecular weight is 248 g/mol. The highest BCUT2D eigenvalue weighted by Gasteiger charge is 2.14. The van der Waals surface area contributed by atoms with E-state index in [0.29, 0.717) is 6.61 Å². The van der Waals surface area contributed by atoms with Crippen LogP contribution in [0.15, 0.2) is 30.3 Å². The summed E-state index contributed by atoms with van der Waals surface area (Å²) in [5.74, 6) is 0. The number of ether oxygens (including phenoxy) is 1. The second-order valence-corrected chi connectivity index (χ2v) is 4.60. The molecule has 1 aliphatic rings. The van der Waals surface area contributed by atoms with Gasteiger partial charge >= 0.3 is 6.09 Å². The van der Waals surface area contributed by atoms with Crippen LogP contribution in [0.5, 0.6) is 0 Å². The first-order valence-corrected chi connectivity index (χ1v) is 6.52. The van der Waals surface area contributed by atoms with Crippen LogP contribution in [-0.4, -0.2) is 25.2 Å². The molecule has 1 amide bonds. The van der Waals surface area contributed by atoms with E-state index in [2.05, 4.69) is 10.6 Å². The van der Waals surface area contributed by atoms with E-state index in [1.54, 1.807) is 0 Å². The fourth-order valence-corrected chi connectivity index (χ4v) is 2.07. The highest BCUT2D eigenvalue weighted by atomic mass is 16.5. The predicted molar refractivity (Wildman–Crippen MR) is 70.3 cm³/mol. The molecular formula is C14H20N2O2. The SMILES string of the molecule is O=C(NC1CCCCNC1)OCc1ccccc1. The van der Waals surface area contributed by atoms with Crippen molar-refractivity contribution in [3.05, 3.63) is 35.9 Å². The standard InChI is InChI=1S/C14H20N2O2/c17-14(16-13-8-4-5-9-15-10-13)18-11-12-6-2-1-3-7-12/h1-3,6-7,13,15H,4-5,8-11H2,(H,16,17). The molecule has 1 saturated heterocycles. The van der Waals surface area contributed by atoms with Gasteiger partial charge in [-0.1, -0.05) is 36.8 Å². The van der Waals surface area contributed by atoms with Crippen molar-refractivity contribution in [2.75, 3.05) is 13.1 Å². The third-order valence-corrected chi connectivity index (χ3v) is 3.08. The first kappa shape index (κ1) is 12.9. The van der Waals surface area contributed by atoms with E-state index in [4.69, 9.17) is 4.74 Å². The fraction of sp³-hybridized carbons (Fsp3) is 0.500. The molecule has 1 atom stereocenters. The second kappa shape index (κ2) is 7.01. The van der Waals surface area contributed by atoms with Gasteiger partial charge in [0.2, 0.25) is 0 Å². The van der Waals surface area contributed by atoms with Gasteiger partial charge in [0.25, 0.3) is 0 Å². The van der Waals surface area contributed by atoms with E-state index in [0.717, 1.165) is 31.5 Å². The maximum absolute atomic E-state index is 11.6.